The minimum Gasteiger partial charge on any atom is -0.352 e. The Bertz CT molecular complexity index is 1660. The number of carbonyl (C=O) groups excluding carboxylic acids is 2. The Morgan fingerprint density at radius 1 is 0.773 bits per heavy atom. The van der Waals surface area contributed by atoms with E-state index < -0.39 is 28.5 Å². The second-order valence-corrected chi connectivity index (χ2v) is 13.1. The fourth-order valence-corrected chi connectivity index (χ4v) is 6.46. The lowest BCUT2D eigenvalue weighted by molar-refractivity contribution is -0.140. The number of carbonyl (C=O) groups is 2. The van der Waals surface area contributed by atoms with E-state index in [1.807, 2.05) is 88.4 Å². The van der Waals surface area contributed by atoms with Gasteiger partial charge < -0.3 is 10.2 Å². The van der Waals surface area contributed by atoms with Crippen LogP contribution in [-0.2, 0) is 32.6 Å². The summed E-state index contributed by atoms with van der Waals surface area (Å²) in [4.78, 5) is 30.0. The maximum Gasteiger partial charge on any atom is 0.264 e. The number of hydrogen-bond acceptors (Lipinski definition) is 4. The molecule has 0 saturated carbocycles. The topological polar surface area (TPSA) is 86.8 Å². The third-order valence-electron chi connectivity index (χ3n) is 7.61. The van der Waals surface area contributed by atoms with E-state index in [0.717, 1.165) is 33.0 Å². The molecule has 4 rings (SSSR count). The minimum absolute atomic E-state index is 0.0786. The Morgan fingerprint density at radius 2 is 1.36 bits per heavy atom. The van der Waals surface area contributed by atoms with Gasteiger partial charge in [-0.2, -0.15) is 0 Å². The number of anilines is 1. The van der Waals surface area contributed by atoms with E-state index >= 15 is 0 Å². The first-order chi connectivity index (χ1) is 21.1. The molecule has 4 aromatic carbocycles. The molecule has 1 N–H and O–H groups in total. The molecule has 0 saturated heterocycles. The van der Waals surface area contributed by atoms with E-state index in [9.17, 15) is 18.0 Å². The van der Waals surface area contributed by atoms with Gasteiger partial charge in [0, 0.05) is 19.0 Å². The third-order valence-corrected chi connectivity index (χ3v) is 9.40. The molecule has 7 nitrogen and oxygen atoms in total. The monoisotopic (exact) mass is 611 g/mol. The number of aryl methyl sites for hydroxylation is 2. The summed E-state index contributed by atoms with van der Waals surface area (Å²) in [5.41, 5.74) is 4.00. The molecule has 0 aromatic heterocycles. The van der Waals surface area contributed by atoms with Gasteiger partial charge in [0.05, 0.1) is 10.6 Å². The second-order valence-electron chi connectivity index (χ2n) is 11.2. The van der Waals surface area contributed by atoms with Crippen molar-refractivity contribution in [2.24, 2.45) is 0 Å². The van der Waals surface area contributed by atoms with Crippen LogP contribution in [0.4, 0.5) is 5.69 Å². The van der Waals surface area contributed by atoms with Crippen LogP contribution in [0.25, 0.3) is 0 Å². The molecule has 4 aromatic rings. The number of rotatable bonds is 13. The second kappa shape index (κ2) is 14.8. The summed E-state index contributed by atoms with van der Waals surface area (Å²) in [6.45, 7) is 7.42. The number of benzene rings is 4. The lowest BCUT2D eigenvalue weighted by Crippen LogP contribution is -2.54. The van der Waals surface area contributed by atoms with Crippen LogP contribution in [0.5, 0.6) is 0 Å². The SMILES string of the molecule is CC[C@H](C)NC(=O)[C@@H](Cc1ccccc1)N(Cc1cccc(C)c1)C(=O)CN(c1cccc(C)c1)S(=O)(=O)c1ccccc1. The molecule has 0 spiro atoms. The predicted molar refractivity (Wildman–Crippen MR) is 176 cm³/mol. The van der Waals surface area contributed by atoms with E-state index in [-0.39, 0.29) is 29.8 Å². The number of nitrogens with zero attached hydrogens (tertiary/aromatic N) is 2. The molecule has 230 valence electrons. The number of nitrogens with one attached hydrogen (secondary N) is 1. The Labute approximate surface area is 261 Å². The highest BCUT2D eigenvalue weighted by Gasteiger charge is 2.35. The molecule has 8 heteroatoms. The summed E-state index contributed by atoms with van der Waals surface area (Å²) < 4.78 is 29.3. The molecule has 0 unspecified atom stereocenters. The van der Waals surface area contributed by atoms with Gasteiger partial charge >= 0.3 is 0 Å². The summed E-state index contributed by atoms with van der Waals surface area (Å²) in [5, 5.41) is 3.07. The first-order valence-corrected chi connectivity index (χ1v) is 16.4. The zero-order chi connectivity index (χ0) is 31.7. The summed E-state index contributed by atoms with van der Waals surface area (Å²) in [6, 6.07) is 31.5. The Morgan fingerprint density at radius 3 is 1.98 bits per heavy atom. The Hall–Kier alpha value is -4.43. The van der Waals surface area contributed by atoms with Crippen molar-refractivity contribution in [3.05, 3.63) is 131 Å². The van der Waals surface area contributed by atoms with Crippen molar-refractivity contribution in [2.75, 3.05) is 10.8 Å². The minimum atomic E-state index is -4.12. The first-order valence-electron chi connectivity index (χ1n) is 14.9. The summed E-state index contributed by atoms with van der Waals surface area (Å²) in [7, 11) is -4.12. The predicted octanol–water partition coefficient (Wildman–Crippen LogP) is 6.05. The van der Waals surface area contributed by atoms with Crippen LogP contribution in [0.2, 0.25) is 0 Å². The lowest BCUT2D eigenvalue weighted by atomic mass is 10.0. The number of sulfonamides is 1. The third kappa shape index (κ3) is 8.35. The number of hydrogen-bond donors (Lipinski definition) is 1. The van der Waals surface area contributed by atoms with Gasteiger partial charge in [-0.25, -0.2) is 8.42 Å². The standard InChI is InChI=1S/C36H41N3O4S/c1-5-29(4)37-36(41)34(24-30-16-8-6-9-17-30)38(25-31-18-12-14-27(2)22-31)35(40)26-39(32-19-13-15-28(3)23-32)44(42,43)33-20-10-7-11-21-33/h6-23,29,34H,5,24-26H2,1-4H3,(H,37,41)/t29-,34+/m0/s1. The van der Waals surface area contributed by atoms with Gasteiger partial charge in [0.1, 0.15) is 12.6 Å². The van der Waals surface area contributed by atoms with Crippen molar-refractivity contribution < 1.29 is 18.0 Å². The highest BCUT2D eigenvalue weighted by atomic mass is 32.2. The zero-order valence-electron chi connectivity index (χ0n) is 25.8. The molecule has 2 atom stereocenters. The van der Waals surface area contributed by atoms with Crippen LogP contribution in [0.1, 0.15) is 42.5 Å². The summed E-state index contributed by atoms with van der Waals surface area (Å²) in [6.07, 6.45) is 1.00. The van der Waals surface area contributed by atoms with Gasteiger partial charge in [-0.1, -0.05) is 97.4 Å². The van der Waals surface area contributed by atoms with Crippen LogP contribution in [0.15, 0.2) is 114 Å². The van der Waals surface area contributed by atoms with E-state index in [1.165, 1.54) is 17.0 Å². The normalized spacial score (nSPS) is 12.6. The van der Waals surface area contributed by atoms with Crippen molar-refractivity contribution in [3.63, 3.8) is 0 Å². The molecule has 0 aliphatic heterocycles. The van der Waals surface area contributed by atoms with Gasteiger partial charge in [-0.05, 0) is 68.1 Å². The zero-order valence-corrected chi connectivity index (χ0v) is 26.6. The molecule has 0 aliphatic rings. The highest BCUT2D eigenvalue weighted by Crippen LogP contribution is 2.26. The lowest BCUT2D eigenvalue weighted by Gasteiger charge is -2.34. The highest BCUT2D eigenvalue weighted by molar-refractivity contribution is 7.92. The smallest absolute Gasteiger partial charge is 0.264 e. The average Bonchev–Trinajstić information content (AvgIpc) is 3.02. The van der Waals surface area contributed by atoms with Crippen LogP contribution in [0, 0.1) is 13.8 Å². The van der Waals surface area contributed by atoms with Gasteiger partial charge in [0.15, 0.2) is 0 Å². The van der Waals surface area contributed by atoms with Gasteiger partial charge in [-0.3, -0.25) is 13.9 Å². The van der Waals surface area contributed by atoms with Crippen molar-refractivity contribution >= 4 is 27.5 Å². The molecule has 2 amide bonds. The van der Waals surface area contributed by atoms with E-state index in [2.05, 4.69) is 5.32 Å². The number of amides is 2. The van der Waals surface area contributed by atoms with Gasteiger partial charge in [0.2, 0.25) is 11.8 Å². The van der Waals surface area contributed by atoms with Crippen molar-refractivity contribution in [3.8, 4) is 0 Å². The van der Waals surface area contributed by atoms with Gasteiger partial charge in [0.25, 0.3) is 10.0 Å². The largest absolute Gasteiger partial charge is 0.352 e. The van der Waals surface area contributed by atoms with Crippen LogP contribution >= 0.6 is 0 Å². The van der Waals surface area contributed by atoms with Crippen molar-refractivity contribution in [2.45, 2.75) is 64.1 Å². The molecule has 44 heavy (non-hydrogen) atoms. The maximum absolute atomic E-state index is 14.5. The molecular weight excluding hydrogens is 570 g/mol. The fourth-order valence-electron chi connectivity index (χ4n) is 5.03. The maximum atomic E-state index is 14.5. The van der Waals surface area contributed by atoms with Crippen LogP contribution in [-0.4, -0.2) is 43.8 Å². The van der Waals surface area contributed by atoms with Gasteiger partial charge in [-0.15, -0.1) is 0 Å². The molecule has 0 bridgehead atoms. The average molecular weight is 612 g/mol. The first kappa shape index (κ1) is 32.5. The quantitative estimate of drug-likeness (QED) is 0.199. The van der Waals surface area contributed by atoms with E-state index in [4.69, 9.17) is 0 Å². The van der Waals surface area contributed by atoms with Crippen LogP contribution in [0.3, 0.4) is 0 Å². The molecular formula is C36H41N3O4S. The van der Waals surface area contributed by atoms with E-state index in [1.54, 1.807) is 36.4 Å². The van der Waals surface area contributed by atoms with Crippen molar-refractivity contribution in [1.29, 1.82) is 0 Å². The Balaban J connectivity index is 1.80. The van der Waals surface area contributed by atoms with Crippen molar-refractivity contribution in [1.82, 2.24) is 10.2 Å². The fraction of sp³-hybridized carbons (Fsp3) is 0.278. The summed E-state index contributed by atoms with van der Waals surface area (Å²) in [5.74, 6) is -0.759. The van der Waals surface area contributed by atoms with E-state index in [0.29, 0.717) is 5.69 Å². The molecule has 0 radical (unpaired) electrons. The van der Waals surface area contributed by atoms with Crippen LogP contribution < -0.4 is 9.62 Å². The summed E-state index contributed by atoms with van der Waals surface area (Å²) >= 11 is 0. The molecule has 0 heterocycles. The Kier molecular flexibility index (Phi) is 11.0. The molecule has 0 aliphatic carbocycles. The molecule has 0 fully saturated rings.